The van der Waals surface area contributed by atoms with E-state index in [1.807, 2.05) is 12.3 Å². The van der Waals surface area contributed by atoms with Gasteiger partial charge in [-0.25, -0.2) is 15.0 Å². The largest absolute Gasteiger partial charge is 0.384 e. The van der Waals surface area contributed by atoms with Gasteiger partial charge in [0.2, 0.25) is 0 Å². The normalized spacial score (nSPS) is 19.3. The van der Waals surface area contributed by atoms with Crippen molar-refractivity contribution < 1.29 is 8.95 Å². The molecular weight excluding hydrogens is 456 g/mol. The highest BCUT2D eigenvalue weighted by Gasteiger charge is 2.25. The highest BCUT2D eigenvalue weighted by Crippen LogP contribution is 2.38. The highest BCUT2D eigenvalue weighted by atomic mass is 32.2. The summed E-state index contributed by atoms with van der Waals surface area (Å²) in [7, 11) is -0.730. The summed E-state index contributed by atoms with van der Waals surface area (Å²) >= 11 is 1.81. The summed E-state index contributed by atoms with van der Waals surface area (Å²) in [6, 6.07) is 3.72. The van der Waals surface area contributed by atoms with Gasteiger partial charge in [-0.05, 0) is 50.6 Å². The van der Waals surface area contributed by atoms with Crippen molar-refractivity contribution in [2.24, 2.45) is 0 Å². The van der Waals surface area contributed by atoms with Gasteiger partial charge in [-0.2, -0.15) is 0 Å². The second-order valence-corrected chi connectivity index (χ2v) is 11.5. The van der Waals surface area contributed by atoms with Crippen LogP contribution < -0.4 is 10.6 Å². The second-order valence-electron chi connectivity index (χ2n) is 8.74. The molecule has 5 rings (SSSR count). The van der Waals surface area contributed by atoms with Gasteiger partial charge in [0.25, 0.3) is 0 Å². The first-order valence-electron chi connectivity index (χ1n) is 11.4. The lowest BCUT2D eigenvalue weighted by Crippen LogP contribution is -2.37. The van der Waals surface area contributed by atoms with Gasteiger partial charge in [-0.15, -0.1) is 11.3 Å². The number of anilines is 2. The Morgan fingerprint density at radius 3 is 2.61 bits per heavy atom. The average molecular weight is 487 g/mol. The van der Waals surface area contributed by atoms with E-state index < -0.39 is 10.8 Å². The van der Waals surface area contributed by atoms with Crippen molar-refractivity contribution in [1.29, 1.82) is 0 Å². The number of aryl methyl sites for hydroxylation is 1. The number of rotatable bonds is 5. The molecule has 2 aliphatic rings. The van der Waals surface area contributed by atoms with Gasteiger partial charge in [-0.3, -0.25) is 9.11 Å². The molecule has 3 aromatic heterocycles. The molecule has 1 unspecified atom stereocenters. The molecule has 0 saturated carbocycles. The molecule has 5 heterocycles. The van der Waals surface area contributed by atoms with Gasteiger partial charge in [-0.1, -0.05) is 0 Å². The third kappa shape index (κ3) is 4.75. The van der Waals surface area contributed by atoms with E-state index >= 15 is 0 Å². The van der Waals surface area contributed by atoms with E-state index in [2.05, 4.69) is 21.7 Å². The van der Waals surface area contributed by atoms with Crippen LogP contribution >= 0.6 is 11.3 Å². The maximum atomic E-state index is 11.8. The maximum Gasteiger partial charge on any atom is 0.163 e. The zero-order valence-corrected chi connectivity index (χ0v) is 20.8. The fraction of sp³-hybridized carbons (Fsp3) is 0.522. The summed E-state index contributed by atoms with van der Waals surface area (Å²) < 4.78 is 18.6. The van der Waals surface area contributed by atoms with Crippen LogP contribution in [0.15, 0.2) is 18.3 Å². The Bertz CT molecular complexity index is 1150. The lowest BCUT2D eigenvalue weighted by atomic mass is 10.1. The van der Waals surface area contributed by atoms with Crippen LogP contribution in [0.3, 0.4) is 0 Å². The summed E-state index contributed by atoms with van der Waals surface area (Å²) in [6.45, 7) is 8.09. The van der Waals surface area contributed by atoms with E-state index in [4.69, 9.17) is 20.4 Å². The summed E-state index contributed by atoms with van der Waals surface area (Å²) in [5.41, 5.74) is 8.89. The topological polar surface area (TPSA) is 97.5 Å². The minimum absolute atomic E-state index is 0.333. The number of hydrogen-bond donors (Lipinski definition) is 1. The van der Waals surface area contributed by atoms with Crippen LogP contribution in [-0.2, 0) is 22.1 Å². The zero-order chi connectivity index (χ0) is 22.9. The molecule has 0 bridgehead atoms. The first-order chi connectivity index (χ1) is 16.0. The predicted molar refractivity (Wildman–Crippen MR) is 135 cm³/mol. The number of nitrogen functional groups attached to an aromatic ring is 1. The van der Waals surface area contributed by atoms with Crippen molar-refractivity contribution >= 4 is 44.0 Å². The highest BCUT2D eigenvalue weighted by molar-refractivity contribution is 7.84. The van der Waals surface area contributed by atoms with Crippen LogP contribution in [-0.4, -0.2) is 75.0 Å². The molecule has 2 N–H and O–H groups in total. The number of nitrogens with zero attached hydrogens (tertiary/aromatic N) is 5. The molecular formula is C23H30N6O2S2. The number of pyridine rings is 1. The monoisotopic (exact) mass is 486 g/mol. The molecule has 0 amide bonds. The molecule has 0 radical (unpaired) electrons. The van der Waals surface area contributed by atoms with Crippen LogP contribution in [0.4, 0.5) is 11.6 Å². The summed E-state index contributed by atoms with van der Waals surface area (Å²) in [5.74, 6) is 2.14. The Morgan fingerprint density at radius 2 is 1.94 bits per heavy atom. The van der Waals surface area contributed by atoms with E-state index in [9.17, 15) is 4.21 Å². The minimum atomic E-state index is -0.730. The number of ether oxygens (including phenoxy) is 1. The molecule has 33 heavy (non-hydrogen) atoms. The van der Waals surface area contributed by atoms with Crippen molar-refractivity contribution in [1.82, 2.24) is 19.9 Å². The van der Waals surface area contributed by atoms with E-state index in [-0.39, 0.29) is 0 Å². The van der Waals surface area contributed by atoms with Crippen LogP contribution in [0.2, 0.25) is 0 Å². The number of morpholine rings is 1. The molecule has 176 valence electrons. The lowest BCUT2D eigenvalue weighted by Gasteiger charge is -2.30. The van der Waals surface area contributed by atoms with E-state index in [1.54, 1.807) is 23.6 Å². The van der Waals surface area contributed by atoms with Crippen molar-refractivity contribution in [3.8, 4) is 11.4 Å². The molecule has 10 heteroatoms. The number of fused-ring (bicyclic) bond motifs is 1. The summed E-state index contributed by atoms with van der Waals surface area (Å²) in [5, 5.41) is 0.333. The standard InChI is InChI=1S/C23H30N6O2S2/c1-15-18(14-28-7-5-17(6-8-28)33(2)30)32-21-20(15)26-22(16-3-4-19(24)25-13-16)27-23(21)29-9-11-31-12-10-29/h3-4,13,17H,5-12,14H2,1-2H3,(H2,24,25). The molecule has 2 aliphatic heterocycles. The van der Waals surface area contributed by atoms with Gasteiger partial charge in [0.1, 0.15) is 5.82 Å². The fourth-order valence-corrected chi connectivity index (χ4v) is 6.71. The van der Waals surface area contributed by atoms with Crippen LogP contribution in [0.5, 0.6) is 0 Å². The first-order valence-corrected chi connectivity index (χ1v) is 13.8. The molecule has 0 aliphatic carbocycles. The Balaban J connectivity index is 1.51. The molecule has 3 aromatic rings. The fourth-order valence-electron chi connectivity index (χ4n) is 4.53. The number of thiophene rings is 1. The van der Waals surface area contributed by atoms with Gasteiger partial charge in [0, 0.05) is 58.6 Å². The smallest absolute Gasteiger partial charge is 0.163 e. The Hall–Kier alpha value is -2.14. The van der Waals surface area contributed by atoms with Crippen LogP contribution in [0, 0.1) is 6.92 Å². The van der Waals surface area contributed by atoms with Crippen LogP contribution in [0.25, 0.3) is 21.6 Å². The van der Waals surface area contributed by atoms with Crippen molar-refractivity contribution in [3.63, 3.8) is 0 Å². The van der Waals surface area contributed by atoms with E-state index in [1.165, 1.54) is 10.4 Å². The third-order valence-corrected chi connectivity index (χ3v) is 9.24. The number of hydrogen-bond acceptors (Lipinski definition) is 9. The molecule has 8 nitrogen and oxygen atoms in total. The predicted octanol–water partition coefficient (Wildman–Crippen LogP) is 2.82. The maximum absolute atomic E-state index is 11.8. The Morgan fingerprint density at radius 1 is 1.18 bits per heavy atom. The number of aromatic nitrogens is 3. The van der Waals surface area contributed by atoms with Gasteiger partial charge in [0.15, 0.2) is 11.6 Å². The molecule has 0 spiro atoms. The number of nitrogens with two attached hydrogens (primary N) is 1. The number of piperidine rings is 1. The van der Waals surface area contributed by atoms with Gasteiger partial charge >= 0.3 is 0 Å². The van der Waals surface area contributed by atoms with Crippen molar-refractivity contribution in [3.05, 3.63) is 28.8 Å². The van der Waals surface area contributed by atoms with Crippen molar-refractivity contribution in [2.75, 3.05) is 56.3 Å². The first kappa shape index (κ1) is 22.6. The molecule has 1 atom stereocenters. The Labute approximate surface area is 200 Å². The number of likely N-dealkylation sites (tertiary alicyclic amines) is 1. The van der Waals surface area contributed by atoms with Crippen LogP contribution in [0.1, 0.15) is 23.3 Å². The second kappa shape index (κ2) is 9.61. The molecule has 2 saturated heterocycles. The lowest BCUT2D eigenvalue weighted by molar-refractivity contribution is 0.122. The SMILES string of the molecule is Cc1c(CN2CCC(S(C)=O)CC2)sc2c(N3CCOCC3)nc(-c3ccc(N)nc3)nc12. The van der Waals surface area contributed by atoms with Crippen molar-refractivity contribution in [2.45, 2.75) is 31.6 Å². The third-order valence-electron chi connectivity index (χ3n) is 6.57. The van der Waals surface area contributed by atoms with Gasteiger partial charge in [0.05, 0.1) is 23.4 Å². The molecule has 2 fully saturated rings. The summed E-state index contributed by atoms with van der Waals surface area (Å²) in [6.07, 6.45) is 5.57. The van der Waals surface area contributed by atoms with E-state index in [0.29, 0.717) is 30.1 Å². The average Bonchev–Trinajstić information content (AvgIpc) is 3.15. The van der Waals surface area contributed by atoms with Gasteiger partial charge < -0.3 is 15.4 Å². The minimum Gasteiger partial charge on any atom is -0.384 e. The summed E-state index contributed by atoms with van der Waals surface area (Å²) in [4.78, 5) is 20.3. The van der Waals surface area contributed by atoms with E-state index in [0.717, 1.165) is 67.2 Å². The Kier molecular flexibility index (Phi) is 6.60. The molecule has 0 aromatic carbocycles. The quantitative estimate of drug-likeness (QED) is 0.588. The zero-order valence-electron chi connectivity index (χ0n) is 19.1.